The van der Waals surface area contributed by atoms with Crippen molar-refractivity contribution in [1.29, 1.82) is 0 Å². The van der Waals surface area contributed by atoms with Crippen molar-refractivity contribution in [2.24, 2.45) is 5.73 Å². The van der Waals surface area contributed by atoms with Gasteiger partial charge in [-0.25, -0.2) is 0 Å². The number of morpholine rings is 1. The lowest BCUT2D eigenvalue weighted by Gasteiger charge is -2.35. The minimum Gasteiger partial charge on any atom is -0.377 e. The summed E-state index contributed by atoms with van der Waals surface area (Å²) < 4.78 is 5.42. The minimum absolute atomic E-state index is 0.0838. The summed E-state index contributed by atoms with van der Waals surface area (Å²) in [6.07, 6.45) is 0.919. The lowest BCUT2D eigenvalue weighted by molar-refractivity contribution is -0.00280. The highest BCUT2D eigenvalue weighted by molar-refractivity contribution is 5.94. The maximum absolute atomic E-state index is 12.5. The van der Waals surface area contributed by atoms with Crippen LogP contribution in [0.15, 0.2) is 24.3 Å². The molecule has 4 nitrogen and oxygen atoms in total. The number of ether oxygens (including phenoxy) is 1. The van der Waals surface area contributed by atoms with E-state index < -0.39 is 0 Å². The summed E-state index contributed by atoms with van der Waals surface area (Å²) in [5.41, 5.74) is 7.31. The number of benzene rings is 1. The molecular formula is C14H20N2O2. The molecule has 0 bridgehead atoms. The SMILES string of the molecule is CCC1COCCN1C(=O)c1cccc(CN)c1. The Kier molecular flexibility index (Phi) is 4.33. The van der Waals surface area contributed by atoms with Gasteiger partial charge in [0.05, 0.1) is 19.3 Å². The molecule has 0 radical (unpaired) electrons. The van der Waals surface area contributed by atoms with Crippen LogP contribution in [0.4, 0.5) is 0 Å². The van der Waals surface area contributed by atoms with E-state index in [4.69, 9.17) is 10.5 Å². The third kappa shape index (κ3) is 2.71. The van der Waals surface area contributed by atoms with Crippen LogP contribution < -0.4 is 5.73 Å². The van der Waals surface area contributed by atoms with Crippen LogP contribution in [0.2, 0.25) is 0 Å². The summed E-state index contributed by atoms with van der Waals surface area (Å²) >= 11 is 0. The van der Waals surface area contributed by atoms with Crippen molar-refractivity contribution >= 4 is 5.91 Å². The zero-order valence-electron chi connectivity index (χ0n) is 10.8. The second-order valence-electron chi connectivity index (χ2n) is 4.54. The molecule has 0 spiro atoms. The quantitative estimate of drug-likeness (QED) is 0.879. The third-order valence-electron chi connectivity index (χ3n) is 3.37. The van der Waals surface area contributed by atoms with Crippen molar-refractivity contribution < 1.29 is 9.53 Å². The highest BCUT2D eigenvalue weighted by Crippen LogP contribution is 2.15. The average molecular weight is 248 g/mol. The molecule has 1 saturated heterocycles. The monoisotopic (exact) mass is 248 g/mol. The second kappa shape index (κ2) is 5.98. The molecule has 98 valence electrons. The Balaban J connectivity index is 2.18. The number of nitrogens with two attached hydrogens (primary N) is 1. The number of carbonyl (C=O) groups excluding carboxylic acids is 1. The molecule has 0 saturated carbocycles. The van der Waals surface area contributed by atoms with Gasteiger partial charge in [0.2, 0.25) is 0 Å². The van der Waals surface area contributed by atoms with E-state index in [2.05, 4.69) is 6.92 Å². The molecule has 18 heavy (non-hydrogen) atoms. The molecule has 2 N–H and O–H groups in total. The van der Waals surface area contributed by atoms with Crippen LogP contribution in [0.3, 0.4) is 0 Å². The van der Waals surface area contributed by atoms with Crippen LogP contribution in [-0.4, -0.2) is 36.6 Å². The van der Waals surface area contributed by atoms with E-state index >= 15 is 0 Å². The fourth-order valence-corrected chi connectivity index (χ4v) is 2.26. The summed E-state index contributed by atoms with van der Waals surface area (Å²) in [5, 5.41) is 0. The Hall–Kier alpha value is -1.39. The number of carbonyl (C=O) groups is 1. The molecule has 1 aliphatic heterocycles. The lowest BCUT2D eigenvalue weighted by atomic mass is 10.1. The van der Waals surface area contributed by atoms with Crippen LogP contribution >= 0.6 is 0 Å². The topological polar surface area (TPSA) is 55.6 Å². The van der Waals surface area contributed by atoms with Gasteiger partial charge in [0.25, 0.3) is 5.91 Å². The van der Waals surface area contributed by atoms with Crippen molar-refractivity contribution in [3.63, 3.8) is 0 Å². The van der Waals surface area contributed by atoms with E-state index in [0.29, 0.717) is 26.3 Å². The molecule has 1 fully saturated rings. The Labute approximate surface area is 108 Å². The number of hydrogen-bond donors (Lipinski definition) is 1. The Bertz CT molecular complexity index is 420. The first-order valence-corrected chi connectivity index (χ1v) is 6.44. The molecule has 1 aliphatic rings. The van der Waals surface area contributed by atoms with E-state index in [1.54, 1.807) is 0 Å². The fourth-order valence-electron chi connectivity index (χ4n) is 2.26. The summed E-state index contributed by atoms with van der Waals surface area (Å²) in [6.45, 7) is 4.47. The van der Waals surface area contributed by atoms with Gasteiger partial charge in [-0.2, -0.15) is 0 Å². The fraction of sp³-hybridized carbons (Fsp3) is 0.500. The number of rotatable bonds is 3. The maximum Gasteiger partial charge on any atom is 0.254 e. The van der Waals surface area contributed by atoms with E-state index in [9.17, 15) is 4.79 Å². The molecular weight excluding hydrogens is 228 g/mol. The first kappa shape index (κ1) is 13.1. The van der Waals surface area contributed by atoms with Gasteiger partial charge in [-0.05, 0) is 24.1 Å². The van der Waals surface area contributed by atoms with E-state index in [1.165, 1.54) is 0 Å². The maximum atomic E-state index is 12.5. The summed E-state index contributed by atoms with van der Waals surface area (Å²) in [7, 11) is 0. The van der Waals surface area contributed by atoms with Crippen molar-refractivity contribution in [1.82, 2.24) is 4.90 Å². The average Bonchev–Trinajstić information content (AvgIpc) is 2.46. The van der Waals surface area contributed by atoms with E-state index in [-0.39, 0.29) is 11.9 Å². The molecule has 1 aromatic rings. The van der Waals surface area contributed by atoms with Gasteiger partial charge in [0, 0.05) is 18.7 Å². The van der Waals surface area contributed by atoms with Crippen LogP contribution in [0.5, 0.6) is 0 Å². The molecule has 0 aliphatic carbocycles. The van der Waals surface area contributed by atoms with E-state index in [0.717, 1.165) is 17.5 Å². The van der Waals surface area contributed by atoms with Gasteiger partial charge < -0.3 is 15.4 Å². The van der Waals surface area contributed by atoms with Crippen molar-refractivity contribution in [2.75, 3.05) is 19.8 Å². The predicted octanol–water partition coefficient (Wildman–Crippen LogP) is 1.40. The van der Waals surface area contributed by atoms with Gasteiger partial charge >= 0.3 is 0 Å². The summed E-state index contributed by atoms with van der Waals surface area (Å²) in [6, 6.07) is 7.74. The predicted molar refractivity (Wildman–Crippen MR) is 70.3 cm³/mol. The zero-order chi connectivity index (χ0) is 13.0. The molecule has 4 heteroatoms. The molecule has 0 aromatic heterocycles. The standard InChI is InChI=1S/C14H20N2O2/c1-2-13-10-18-7-6-16(13)14(17)12-5-3-4-11(8-12)9-15/h3-5,8,13H,2,6-7,9-10,15H2,1H3. The van der Waals surface area contributed by atoms with Crippen LogP contribution in [0.1, 0.15) is 29.3 Å². The highest BCUT2D eigenvalue weighted by atomic mass is 16.5. The van der Waals surface area contributed by atoms with Crippen LogP contribution in [0, 0.1) is 0 Å². The second-order valence-corrected chi connectivity index (χ2v) is 4.54. The van der Waals surface area contributed by atoms with Gasteiger partial charge in [-0.15, -0.1) is 0 Å². The first-order valence-electron chi connectivity index (χ1n) is 6.44. The third-order valence-corrected chi connectivity index (χ3v) is 3.37. The molecule has 1 amide bonds. The number of hydrogen-bond acceptors (Lipinski definition) is 3. The zero-order valence-corrected chi connectivity index (χ0v) is 10.8. The van der Waals surface area contributed by atoms with Gasteiger partial charge in [0.1, 0.15) is 0 Å². The molecule has 2 rings (SSSR count). The van der Waals surface area contributed by atoms with E-state index in [1.807, 2.05) is 29.2 Å². The smallest absolute Gasteiger partial charge is 0.254 e. The number of nitrogens with zero attached hydrogens (tertiary/aromatic N) is 1. The Morgan fingerprint density at radius 2 is 2.39 bits per heavy atom. The lowest BCUT2D eigenvalue weighted by Crippen LogP contribution is -2.48. The van der Waals surface area contributed by atoms with Crippen molar-refractivity contribution in [3.05, 3.63) is 35.4 Å². The number of amides is 1. The van der Waals surface area contributed by atoms with Crippen LogP contribution in [0.25, 0.3) is 0 Å². The summed E-state index contributed by atoms with van der Waals surface area (Å²) in [4.78, 5) is 14.4. The largest absolute Gasteiger partial charge is 0.377 e. The first-order chi connectivity index (χ1) is 8.76. The highest BCUT2D eigenvalue weighted by Gasteiger charge is 2.26. The normalized spacial score (nSPS) is 19.9. The van der Waals surface area contributed by atoms with Gasteiger partial charge in [0.15, 0.2) is 0 Å². The summed E-state index contributed by atoms with van der Waals surface area (Å²) in [5.74, 6) is 0.0838. The molecule has 1 atom stereocenters. The van der Waals surface area contributed by atoms with Crippen molar-refractivity contribution in [3.8, 4) is 0 Å². The molecule has 1 aromatic carbocycles. The Morgan fingerprint density at radius 3 is 3.11 bits per heavy atom. The van der Waals surface area contributed by atoms with Gasteiger partial charge in [-0.1, -0.05) is 19.1 Å². The minimum atomic E-state index is 0.0838. The Morgan fingerprint density at radius 1 is 1.56 bits per heavy atom. The van der Waals surface area contributed by atoms with Crippen molar-refractivity contribution in [2.45, 2.75) is 25.9 Å². The molecule has 1 heterocycles. The van der Waals surface area contributed by atoms with Gasteiger partial charge in [-0.3, -0.25) is 4.79 Å². The molecule has 1 unspecified atom stereocenters. The van der Waals surface area contributed by atoms with Crippen LogP contribution in [-0.2, 0) is 11.3 Å².